The number of rotatable bonds is 5. The second-order valence-electron chi connectivity index (χ2n) is 6.19. The number of thiazole rings is 1. The summed E-state index contributed by atoms with van der Waals surface area (Å²) in [4.78, 5) is 30.4. The average Bonchev–Trinajstić information content (AvgIpc) is 3.39. The summed E-state index contributed by atoms with van der Waals surface area (Å²) in [6.07, 6.45) is 1.66. The van der Waals surface area contributed by atoms with Crippen molar-refractivity contribution in [1.29, 1.82) is 0 Å². The predicted molar refractivity (Wildman–Crippen MR) is 111 cm³/mol. The third kappa shape index (κ3) is 3.66. The molecule has 9 heteroatoms. The molecule has 3 heterocycles. The quantitative estimate of drug-likeness (QED) is 0.453. The molecule has 3 aromatic heterocycles. The first-order chi connectivity index (χ1) is 14.0. The third-order valence-corrected chi connectivity index (χ3v) is 6.13. The zero-order valence-electron chi connectivity index (χ0n) is 15.6. The minimum absolute atomic E-state index is 0.196. The topological polar surface area (TPSA) is 72.7 Å². The standard InChI is InChI=1S/C20H16FN3O3S2/c1-3-27-19(26)16-14(12-4-6-13(21)7-5-12)10-28-18(16)23-17(25)15-8-24-11(2)9-29-20(24)22-15/h4-10H,3H2,1-2H3,(H,23,25). The molecular formula is C20H16FN3O3S2. The van der Waals surface area contributed by atoms with Gasteiger partial charge in [0.25, 0.3) is 5.91 Å². The second kappa shape index (κ2) is 7.76. The summed E-state index contributed by atoms with van der Waals surface area (Å²) in [6.45, 7) is 3.84. The van der Waals surface area contributed by atoms with Crippen LogP contribution in [0.5, 0.6) is 0 Å². The number of anilines is 1. The highest BCUT2D eigenvalue weighted by molar-refractivity contribution is 7.15. The normalized spacial score (nSPS) is 11.0. The smallest absolute Gasteiger partial charge is 0.341 e. The van der Waals surface area contributed by atoms with Crippen molar-refractivity contribution in [3.05, 3.63) is 64.0 Å². The molecule has 0 aliphatic rings. The van der Waals surface area contributed by atoms with Gasteiger partial charge in [0.1, 0.15) is 22.1 Å². The second-order valence-corrected chi connectivity index (χ2v) is 7.91. The number of carbonyl (C=O) groups is 2. The van der Waals surface area contributed by atoms with Gasteiger partial charge in [-0.25, -0.2) is 14.2 Å². The fourth-order valence-electron chi connectivity index (χ4n) is 2.87. The van der Waals surface area contributed by atoms with E-state index in [1.165, 1.54) is 34.8 Å². The van der Waals surface area contributed by atoms with Crippen LogP contribution in [0.2, 0.25) is 0 Å². The molecule has 148 valence electrons. The van der Waals surface area contributed by atoms with Crippen LogP contribution >= 0.6 is 22.7 Å². The fraction of sp³-hybridized carbons (Fsp3) is 0.150. The summed E-state index contributed by atoms with van der Waals surface area (Å²) in [5, 5.41) is 6.83. The number of amides is 1. The number of ether oxygens (including phenoxy) is 1. The lowest BCUT2D eigenvalue weighted by Crippen LogP contribution is -2.15. The van der Waals surface area contributed by atoms with Crippen molar-refractivity contribution in [2.24, 2.45) is 0 Å². The van der Waals surface area contributed by atoms with Crippen LogP contribution in [-0.4, -0.2) is 27.9 Å². The van der Waals surface area contributed by atoms with E-state index in [1.54, 1.807) is 30.6 Å². The molecule has 1 amide bonds. The molecule has 0 atom stereocenters. The van der Waals surface area contributed by atoms with E-state index in [1.807, 2.05) is 16.7 Å². The summed E-state index contributed by atoms with van der Waals surface area (Å²) >= 11 is 2.65. The predicted octanol–water partition coefficient (Wildman–Crippen LogP) is 5.00. The molecule has 0 spiro atoms. The molecule has 0 saturated heterocycles. The number of hydrogen-bond donors (Lipinski definition) is 1. The van der Waals surface area contributed by atoms with E-state index in [4.69, 9.17) is 4.74 Å². The number of hydrogen-bond acceptors (Lipinski definition) is 6. The fourth-order valence-corrected chi connectivity index (χ4v) is 4.67. The summed E-state index contributed by atoms with van der Waals surface area (Å²) in [6, 6.07) is 5.80. The Morgan fingerprint density at radius 3 is 2.66 bits per heavy atom. The van der Waals surface area contributed by atoms with Gasteiger partial charge in [-0.3, -0.25) is 9.20 Å². The molecule has 4 rings (SSSR count). The van der Waals surface area contributed by atoms with Crippen LogP contribution in [0.3, 0.4) is 0 Å². The molecule has 1 aromatic carbocycles. The van der Waals surface area contributed by atoms with Crippen LogP contribution < -0.4 is 5.32 Å². The number of aryl methyl sites for hydroxylation is 1. The number of nitrogens with zero attached hydrogens (tertiary/aromatic N) is 2. The number of halogens is 1. The van der Waals surface area contributed by atoms with Crippen LogP contribution in [0.4, 0.5) is 9.39 Å². The summed E-state index contributed by atoms with van der Waals surface area (Å²) in [5.41, 5.74) is 2.72. The van der Waals surface area contributed by atoms with Gasteiger partial charge in [-0.05, 0) is 31.5 Å². The van der Waals surface area contributed by atoms with Crippen LogP contribution in [0.1, 0.15) is 33.5 Å². The highest BCUT2D eigenvalue weighted by atomic mass is 32.1. The highest BCUT2D eigenvalue weighted by Crippen LogP contribution is 2.36. The SMILES string of the molecule is CCOC(=O)c1c(-c2ccc(F)cc2)csc1NC(=O)c1cn2c(C)csc2n1. The minimum Gasteiger partial charge on any atom is -0.462 e. The van der Waals surface area contributed by atoms with E-state index >= 15 is 0 Å². The van der Waals surface area contributed by atoms with Crippen molar-refractivity contribution in [3.63, 3.8) is 0 Å². The van der Waals surface area contributed by atoms with Crippen molar-refractivity contribution in [2.45, 2.75) is 13.8 Å². The molecule has 0 aliphatic carbocycles. The number of fused-ring (bicyclic) bond motifs is 1. The average molecular weight is 429 g/mol. The van der Waals surface area contributed by atoms with Crippen molar-refractivity contribution < 1.29 is 18.7 Å². The van der Waals surface area contributed by atoms with E-state index in [0.717, 1.165) is 10.7 Å². The number of esters is 1. The van der Waals surface area contributed by atoms with Gasteiger partial charge in [0, 0.05) is 28.2 Å². The number of aromatic nitrogens is 2. The van der Waals surface area contributed by atoms with E-state index in [0.29, 0.717) is 16.1 Å². The van der Waals surface area contributed by atoms with Gasteiger partial charge in [0.05, 0.1) is 6.61 Å². The van der Waals surface area contributed by atoms with Gasteiger partial charge >= 0.3 is 5.97 Å². The maximum absolute atomic E-state index is 13.3. The molecule has 0 aliphatic heterocycles. The van der Waals surface area contributed by atoms with Crippen molar-refractivity contribution in [3.8, 4) is 11.1 Å². The van der Waals surface area contributed by atoms with E-state index < -0.39 is 11.9 Å². The Labute approximate surface area is 173 Å². The van der Waals surface area contributed by atoms with E-state index in [2.05, 4.69) is 10.3 Å². The van der Waals surface area contributed by atoms with Gasteiger partial charge in [0.15, 0.2) is 4.96 Å². The number of benzene rings is 1. The number of nitrogens with one attached hydrogen (secondary N) is 1. The Hall–Kier alpha value is -3.04. The highest BCUT2D eigenvalue weighted by Gasteiger charge is 2.24. The molecule has 6 nitrogen and oxygen atoms in total. The maximum atomic E-state index is 13.3. The number of imidazole rings is 1. The van der Waals surface area contributed by atoms with Crippen LogP contribution in [-0.2, 0) is 4.74 Å². The molecule has 0 unspecified atom stereocenters. The lowest BCUT2D eigenvalue weighted by atomic mass is 10.0. The molecular weight excluding hydrogens is 413 g/mol. The zero-order valence-corrected chi connectivity index (χ0v) is 17.2. The third-order valence-electron chi connectivity index (χ3n) is 4.27. The first-order valence-corrected chi connectivity index (χ1v) is 10.5. The van der Waals surface area contributed by atoms with Gasteiger partial charge < -0.3 is 10.1 Å². The van der Waals surface area contributed by atoms with E-state index in [-0.39, 0.29) is 23.7 Å². The summed E-state index contributed by atoms with van der Waals surface area (Å²) < 4.78 is 20.3. The first-order valence-electron chi connectivity index (χ1n) is 8.77. The van der Waals surface area contributed by atoms with Crippen molar-refractivity contribution in [2.75, 3.05) is 11.9 Å². The molecule has 0 radical (unpaired) electrons. The number of thiophene rings is 1. The molecule has 29 heavy (non-hydrogen) atoms. The minimum atomic E-state index is -0.551. The molecule has 0 saturated carbocycles. The Bertz CT molecular complexity index is 1210. The van der Waals surface area contributed by atoms with Crippen LogP contribution in [0.25, 0.3) is 16.1 Å². The van der Waals surface area contributed by atoms with Crippen molar-refractivity contribution >= 4 is 44.5 Å². The van der Waals surface area contributed by atoms with Crippen LogP contribution in [0.15, 0.2) is 41.2 Å². The largest absolute Gasteiger partial charge is 0.462 e. The molecule has 0 bridgehead atoms. The lowest BCUT2D eigenvalue weighted by molar-refractivity contribution is 0.0529. The van der Waals surface area contributed by atoms with Gasteiger partial charge in [-0.1, -0.05) is 12.1 Å². The molecule has 0 fully saturated rings. The Morgan fingerprint density at radius 1 is 1.21 bits per heavy atom. The van der Waals surface area contributed by atoms with Crippen LogP contribution in [0, 0.1) is 12.7 Å². The van der Waals surface area contributed by atoms with E-state index in [9.17, 15) is 14.0 Å². The van der Waals surface area contributed by atoms with Gasteiger partial charge in [-0.2, -0.15) is 0 Å². The van der Waals surface area contributed by atoms with Gasteiger partial charge in [0.2, 0.25) is 0 Å². The zero-order chi connectivity index (χ0) is 20.5. The number of carbonyl (C=O) groups excluding carboxylic acids is 2. The molecule has 1 N–H and O–H groups in total. The van der Waals surface area contributed by atoms with Crippen molar-refractivity contribution in [1.82, 2.24) is 9.38 Å². The Balaban J connectivity index is 1.69. The monoisotopic (exact) mass is 429 g/mol. The summed E-state index contributed by atoms with van der Waals surface area (Å²) in [5.74, 6) is -1.34. The first kappa shape index (κ1) is 19.3. The summed E-state index contributed by atoms with van der Waals surface area (Å²) in [7, 11) is 0. The maximum Gasteiger partial charge on any atom is 0.341 e. The van der Waals surface area contributed by atoms with Gasteiger partial charge in [-0.15, -0.1) is 22.7 Å². The Morgan fingerprint density at radius 2 is 1.97 bits per heavy atom. The molecule has 4 aromatic rings. The Kier molecular flexibility index (Phi) is 5.16. The lowest BCUT2D eigenvalue weighted by Gasteiger charge is -2.08.